The lowest BCUT2D eigenvalue weighted by Gasteiger charge is -2.08. The van der Waals surface area contributed by atoms with Crippen LogP contribution < -0.4 is 16.0 Å². The number of nitrogens with zero attached hydrogens (tertiary/aromatic N) is 2. The number of anilines is 1. The molecule has 0 aliphatic carbocycles. The highest BCUT2D eigenvalue weighted by Crippen LogP contribution is 2.29. The van der Waals surface area contributed by atoms with E-state index in [9.17, 15) is 23.3 Å². The largest absolute Gasteiger partial charge is 0.325 e. The van der Waals surface area contributed by atoms with Gasteiger partial charge in [0.25, 0.3) is 5.56 Å². The molecule has 0 bridgehead atoms. The quantitative estimate of drug-likeness (QED) is 0.340. The second-order valence-corrected chi connectivity index (χ2v) is 9.58. The molecule has 9 nitrogen and oxygen atoms in total. The molecule has 1 amide bonds. The molecule has 3 rings (SSSR count). The number of rotatable bonds is 6. The van der Waals surface area contributed by atoms with Crippen LogP contribution in [0.5, 0.6) is 0 Å². The molecule has 13 heteroatoms. The second-order valence-electron chi connectivity index (χ2n) is 6.24. The molecule has 0 spiro atoms. The Labute approximate surface area is 196 Å². The zero-order valence-electron chi connectivity index (χ0n) is 15.9. The smallest absolute Gasteiger partial charge is 0.270 e. The Morgan fingerprint density at radius 3 is 2.47 bits per heavy atom. The molecule has 0 saturated carbocycles. The number of aromatic nitrogens is 2. The van der Waals surface area contributed by atoms with E-state index in [4.69, 9.17) is 28.3 Å². The minimum atomic E-state index is -3.83. The highest BCUT2D eigenvalue weighted by molar-refractivity contribution is 7.99. The summed E-state index contributed by atoms with van der Waals surface area (Å²) in [7, 11) is -3.83. The monoisotopic (exact) mass is 509 g/mol. The molecule has 32 heavy (non-hydrogen) atoms. The Morgan fingerprint density at radius 2 is 1.88 bits per heavy atom. The van der Waals surface area contributed by atoms with Crippen molar-refractivity contribution in [2.45, 2.75) is 10.1 Å². The molecule has 0 unspecified atom stereocenters. The molecular formula is C19H13Cl2N5O4S2. The predicted octanol–water partition coefficient (Wildman–Crippen LogP) is 2.99. The number of amides is 1. The number of nitriles is 1. The molecule has 0 aliphatic rings. The summed E-state index contributed by atoms with van der Waals surface area (Å²) in [6.45, 7) is 0. The van der Waals surface area contributed by atoms with E-state index in [0.717, 1.165) is 11.8 Å². The first-order chi connectivity index (χ1) is 15.1. The van der Waals surface area contributed by atoms with Gasteiger partial charge in [-0.2, -0.15) is 5.26 Å². The van der Waals surface area contributed by atoms with Crippen molar-refractivity contribution >= 4 is 56.6 Å². The van der Waals surface area contributed by atoms with Crippen molar-refractivity contribution < 1.29 is 13.2 Å². The molecule has 0 fully saturated rings. The van der Waals surface area contributed by atoms with E-state index in [1.165, 1.54) is 36.4 Å². The van der Waals surface area contributed by atoms with Crippen LogP contribution in [-0.4, -0.2) is 30.0 Å². The minimum Gasteiger partial charge on any atom is -0.325 e. The highest BCUT2D eigenvalue weighted by atomic mass is 35.5. The Bertz CT molecular complexity index is 1400. The van der Waals surface area contributed by atoms with Crippen LogP contribution in [-0.2, 0) is 14.8 Å². The number of H-pyrrole nitrogens is 1. The third kappa shape index (κ3) is 5.67. The molecule has 1 heterocycles. The summed E-state index contributed by atoms with van der Waals surface area (Å²) in [6.07, 6.45) is 0. The summed E-state index contributed by atoms with van der Waals surface area (Å²) in [5.41, 5.74) is 0.0255. The number of benzene rings is 2. The van der Waals surface area contributed by atoms with E-state index in [1.54, 1.807) is 6.07 Å². The van der Waals surface area contributed by atoms with Crippen LogP contribution in [0.15, 0.2) is 57.3 Å². The maximum atomic E-state index is 12.3. The summed E-state index contributed by atoms with van der Waals surface area (Å²) in [5.74, 6) is -0.548. The van der Waals surface area contributed by atoms with Crippen LogP contribution in [0.3, 0.4) is 0 Å². The minimum absolute atomic E-state index is 0.0842. The first-order valence-electron chi connectivity index (χ1n) is 8.64. The number of halogens is 2. The van der Waals surface area contributed by atoms with Crippen LogP contribution in [0, 0.1) is 11.3 Å². The van der Waals surface area contributed by atoms with E-state index in [-0.39, 0.29) is 32.1 Å². The summed E-state index contributed by atoms with van der Waals surface area (Å²) >= 11 is 12.9. The zero-order valence-corrected chi connectivity index (χ0v) is 19.1. The van der Waals surface area contributed by atoms with Crippen molar-refractivity contribution in [3.63, 3.8) is 0 Å². The van der Waals surface area contributed by atoms with Crippen LogP contribution in [0.4, 0.5) is 5.69 Å². The number of sulfonamides is 1. The van der Waals surface area contributed by atoms with Crippen molar-refractivity contribution in [3.8, 4) is 17.3 Å². The van der Waals surface area contributed by atoms with Gasteiger partial charge in [-0.15, -0.1) is 0 Å². The van der Waals surface area contributed by atoms with Crippen LogP contribution >= 0.6 is 35.0 Å². The lowest BCUT2D eigenvalue weighted by atomic mass is 10.1. The van der Waals surface area contributed by atoms with Crippen molar-refractivity contribution in [2.75, 3.05) is 11.1 Å². The average Bonchev–Trinajstić information content (AvgIpc) is 2.73. The molecule has 1 aromatic heterocycles. The summed E-state index contributed by atoms with van der Waals surface area (Å²) < 4.78 is 22.6. The van der Waals surface area contributed by atoms with Gasteiger partial charge in [0.05, 0.1) is 26.4 Å². The van der Waals surface area contributed by atoms with Gasteiger partial charge in [-0.25, -0.2) is 18.5 Å². The molecule has 0 radical (unpaired) electrons. The van der Waals surface area contributed by atoms with E-state index >= 15 is 0 Å². The number of hydrogen-bond acceptors (Lipinski definition) is 7. The van der Waals surface area contributed by atoms with Crippen molar-refractivity contribution in [1.82, 2.24) is 9.97 Å². The van der Waals surface area contributed by atoms with Crippen molar-refractivity contribution in [1.29, 1.82) is 5.26 Å². The van der Waals surface area contributed by atoms with Gasteiger partial charge in [0, 0.05) is 11.3 Å². The van der Waals surface area contributed by atoms with Gasteiger partial charge < -0.3 is 10.3 Å². The van der Waals surface area contributed by atoms with E-state index in [2.05, 4.69) is 15.3 Å². The summed E-state index contributed by atoms with van der Waals surface area (Å²) in [5, 5.41) is 17.6. The maximum absolute atomic E-state index is 12.3. The van der Waals surface area contributed by atoms with Crippen molar-refractivity contribution in [3.05, 3.63) is 68.4 Å². The van der Waals surface area contributed by atoms with Gasteiger partial charge in [-0.05, 0) is 36.4 Å². The molecule has 3 aromatic rings. The first kappa shape index (κ1) is 23.8. The Morgan fingerprint density at radius 1 is 1.19 bits per heavy atom. The lowest BCUT2D eigenvalue weighted by molar-refractivity contribution is -0.113. The third-order valence-electron chi connectivity index (χ3n) is 4.01. The number of nitrogens with two attached hydrogens (primary N) is 1. The molecule has 0 saturated heterocycles. The number of aromatic amines is 1. The number of primary sulfonamides is 1. The predicted molar refractivity (Wildman–Crippen MR) is 122 cm³/mol. The van der Waals surface area contributed by atoms with Gasteiger partial charge in [0.15, 0.2) is 5.16 Å². The molecule has 4 N–H and O–H groups in total. The Balaban J connectivity index is 1.77. The number of nitrogens with one attached hydrogen (secondary N) is 2. The van der Waals surface area contributed by atoms with Crippen LogP contribution in [0.1, 0.15) is 5.56 Å². The van der Waals surface area contributed by atoms with Gasteiger partial charge in [0.2, 0.25) is 15.9 Å². The maximum Gasteiger partial charge on any atom is 0.270 e. The van der Waals surface area contributed by atoms with E-state index in [0.29, 0.717) is 16.3 Å². The first-order valence-corrected chi connectivity index (χ1v) is 11.9. The standard InChI is InChI=1S/C19H13Cl2N5O4S2/c20-14-6-1-10(7-15(14)21)17-13(8-22)18(28)26-19(25-17)31-9-16(27)24-11-2-4-12(5-3-11)32(23,29)30/h1-7H,9H2,(H,24,27)(H2,23,29,30)(H,25,26,28). The summed E-state index contributed by atoms with van der Waals surface area (Å²) in [6, 6.07) is 11.7. The van der Waals surface area contributed by atoms with E-state index < -0.39 is 21.5 Å². The van der Waals surface area contributed by atoms with E-state index in [1.807, 2.05) is 6.07 Å². The van der Waals surface area contributed by atoms with Crippen LogP contribution in [0.2, 0.25) is 10.0 Å². The SMILES string of the molecule is N#Cc1c(-c2ccc(Cl)c(Cl)c2)nc(SCC(=O)Nc2ccc(S(N)(=O)=O)cc2)[nH]c1=O. The lowest BCUT2D eigenvalue weighted by Crippen LogP contribution is -2.17. The number of thioether (sulfide) groups is 1. The number of hydrogen-bond donors (Lipinski definition) is 3. The fourth-order valence-electron chi connectivity index (χ4n) is 2.54. The van der Waals surface area contributed by atoms with Crippen molar-refractivity contribution in [2.24, 2.45) is 5.14 Å². The Kier molecular flexibility index (Phi) is 7.22. The second kappa shape index (κ2) is 9.72. The average molecular weight is 510 g/mol. The summed E-state index contributed by atoms with van der Waals surface area (Å²) in [4.78, 5) is 31.2. The Hall–Kier alpha value is -2.88. The molecule has 0 aliphatic heterocycles. The molecule has 0 atom stereocenters. The molecular weight excluding hydrogens is 497 g/mol. The van der Waals surface area contributed by atoms with Gasteiger partial charge in [-0.3, -0.25) is 9.59 Å². The molecule has 164 valence electrons. The fraction of sp³-hybridized carbons (Fsp3) is 0.0526. The van der Waals surface area contributed by atoms with Gasteiger partial charge in [-0.1, -0.05) is 41.0 Å². The van der Waals surface area contributed by atoms with Gasteiger partial charge in [0.1, 0.15) is 11.6 Å². The van der Waals surface area contributed by atoms with Gasteiger partial charge >= 0.3 is 0 Å². The van der Waals surface area contributed by atoms with Crippen LogP contribution in [0.25, 0.3) is 11.3 Å². The highest BCUT2D eigenvalue weighted by Gasteiger charge is 2.16. The normalized spacial score (nSPS) is 11.1. The molecule has 2 aromatic carbocycles. The topological polar surface area (TPSA) is 159 Å². The number of carbonyl (C=O) groups is 1. The fourth-order valence-corrected chi connectivity index (χ4v) is 4.01. The zero-order chi connectivity index (χ0) is 23.5. The third-order valence-corrected chi connectivity index (χ3v) is 6.55. The number of carbonyl (C=O) groups excluding carboxylic acids is 1.